The molecule has 2 unspecified atom stereocenters. The van der Waals surface area contributed by atoms with Crippen molar-refractivity contribution in [3.8, 4) is 0 Å². The van der Waals surface area contributed by atoms with E-state index in [2.05, 4.69) is 0 Å². The third-order valence-electron chi connectivity index (χ3n) is 1.70. The van der Waals surface area contributed by atoms with Crippen LogP contribution in [0.5, 0.6) is 0 Å². The molecule has 2 nitrogen and oxygen atoms in total. The molecule has 64 valence electrons. The van der Waals surface area contributed by atoms with Gasteiger partial charge in [-0.25, -0.2) is 4.39 Å². The molecule has 0 aromatic carbocycles. The predicted molar refractivity (Wildman–Crippen MR) is 40.0 cm³/mol. The quantitative estimate of drug-likeness (QED) is 0.584. The van der Waals surface area contributed by atoms with Crippen LogP contribution in [0.4, 0.5) is 4.39 Å². The summed E-state index contributed by atoms with van der Waals surface area (Å²) in [6, 6.07) is 0. The van der Waals surface area contributed by atoms with Gasteiger partial charge in [-0.15, -0.1) is 0 Å². The second-order valence-electron chi connectivity index (χ2n) is 2.68. The van der Waals surface area contributed by atoms with Gasteiger partial charge in [0.05, 0.1) is 0 Å². The van der Waals surface area contributed by atoms with Crippen LogP contribution in [0.1, 0.15) is 27.2 Å². The molecule has 0 aromatic heterocycles. The maximum atomic E-state index is 12.7. The van der Waals surface area contributed by atoms with Crippen LogP contribution in [-0.4, -0.2) is 17.7 Å². The molecule has 0 fully saturated rings. The van der Waals surface area contributed by atoms with Gasteiger partial charge >= 0.3 is 0 Å². The lowest BCUT2D eigenvalue weighted by molar-refractivity contribution is -0.135. The maximum Gasteiger partial charge on any atom is 0.216 e. The van der Waals surface area contributed by atoms with Crippen molar-refractivity contribution in [2.24, 2.45) is 5.92 Å². The monoisotopic (exact) mass is 160 g/mol. The first-order chi connectivity index (χ1) is 5.00. The summed E-state index contributed by atoms with van der Waals surface area (Å²) < 4.78 is 12.7. The third-order valence-corrected chi connectivity index (χ3v) is 1.70. The molecule has 0 aliphatic heterocycles. The Balaban J connectivity index is 4.13. The molecule has 3 heteroatoms. The molecule has 0 aliphatic carbocycles. The number of carbonyl (C=O) groups excluding carboxylic acids is 2. The van der Waals surface area contributed by atoms with E-state index in [4.69, 9.17) is 0 Å². The van der Waals surface area contributed by atoms with Crippen molar-refractivity contribution in [1.82, 2.24) is 0 Å². The van der Waals surface area contributed by atoms with Crippen LogP contribution in [0.15, 0.2) is 0 Å². The average Bonchev–Trinajstić information content (AvgIpc) is 2.00. The summed E-state index contributed by atoms with van der Waals surface area (Å²) in [6.07, 6.45) is -1.34. The zero-order valence-corrected chi connectivity index (χ0v) is 7.06. The molecule has 0 heterocycles. The van der Waals surface area contributed by atoms with E-state index < -0.39 is 17.7 Å². The van der Waals surface area contributed by atoms with E-state index in [1.807, 2.05) is 0 Å². The lowest BCUT2D eigenvalue weighted by Crippen LogP contribution is -2.28. The zero-order valence-electron chi connectivity index (χ0n) is 7.06. The summed E-state index contributed by atoms with van der Waals surface area (Å²) >= 11 is 0. The Labute approximate surface area is 65.8 Å². The van der Waals surface area contributed by atoms with Gasteiger partial charge in [-0.3, -0.25) is 9.59 Å². The molecule has 0 bridgehead atoms. The minimum atomic E-state index is -1.91. The molecule has 0 spiro atoms. The lowest BCUT2D eigenvalue weighted by Gasteiger charge is -2.08. The highest BCUT2D eigenvalue weighted by Gasteiger charge is 2.25. The van der Waals surface area contributed by atoms with Crippen LogP contribution < -0.4 is 0 Å². The third kappa shape index (κ3) is 2.78. The molecule has 0 amide bonds. The standard InChI is InChI=1S/C8H13FO2/c1-4-5(2)8(11)7(9)6(3)10/h5,7H,4H2,1-3H3. The maximum absolute atomic E-state index is 12.7. The van der Waals surface area contributed by atoms with Crippen LogP contribution in [0.25, 0.3) is 0 Å². The number of ketones is 2. The van der Waals surface area contributed by atoms with E-state index in [9.17, 15) is 14.0 Å². The van der Waals surface area contributed by atoms with Crippen molar-refractivity contribution in [3.63, 3.8) is 0 Å². The molecule has 2 atom stereocenters. The van der Waals surface area contributed by atoms with E-state index >= 15 is 0 Å². The lowest BCUT2D eigenvalue weighted by atomic mass is 9.98. The van der Waals surface area contributed by atoms with Crippen molar-refractivity contribution in [2.45, 2.75) is 33.4 Å². The highest BCUT2D eigenvalue weighted by molar-refractivity contribution is 6.04. The Morgan fingerprint density at radius 3 is 2.18 bits per heavy atom. The first-order valence-corrected chi connectivity index (χ1v) is 3.69. The van der Waals surface area contributed by atoms with Gasteiger partial charge in [-0.1, -0.05) is 13.8 Å². The molecule has 0 aromatic rings. The van der Waals surface area contributed by atoms with Crippen LogP contribution >= 0.6 is 0 Å². The van der Waals surface area contributed by atoms with Gasteiger partial charge in [0, 0.05) is 5.92 Å². The van der Waals surface area contributed by atoms with Crippen LogP contribution in [-0.2, 0) is 9.59 Å². The van der Waals surface area contributed by atoms with E-state index in [-0.39, 0.29) is 5.92 Å². The second-order valence-corrected chi connectivity index (χ2v) is 2.68. The summed E-state index contributed by atoms with van der Waals surface area (Å²) in [6.45, 7) is 4.50. The van der Waals surface area contributed by atoms with Crippen LogP contribution in [0.2, 0.25) is 0 Å². The molecule has 0 saturated heterocycles. The fourth-order valence-corrected chi connectivity index (χ4v) is 0.651. The minimum absolute atomic E-state index is 0.353. The number of hydrogen-bond acceptors (Lipinski definition) is 2. The predicted octanol–water partition coefficient (Wildman–Crippen LogP) is 1.53. The number of hydrogen-bond donors (Lipinski definition) is 0. The summed E-state index contributed by atoms with van der Waals surface area (Å²) in [5, 5.41) is 0. The van der Waals surface area contributed by atoms with Crippen molar-refractivity contribution in [1.29, 1.82) is 0 Å². The van der Waals surface area contributed by atoms with Gasteiger partial charge in [-0.05, 0) is 13.3 Å². The Bertz CT molecular complexity index is 165. The number of carbonyl (C=O) groups is 2. The molecule has 0 rings (SSSR count). The molecule has 0 aliphatic rings. The van der Waals surface area contributed by atoms with Gasteiger partial charge in [0.25, 0.3) is 0 Å². The fraction of sp³-hybridized carbons (Fsp3) is 0.750. The minimum Gasteiger partial charge on any atom is -0.296 e. The second kappa shape index (κ2) is 4.21. The summed E-state index contributed by atoms with van der Waals surface area (Å²) in [5.41, 5.74) is 0. The van der Waals surface area contributed by atoms with Gasteiger partial charge in [-0.2, -0.15) is 0 Å². The number of halogens is 1. The van der Waals surface area contributed by atoms with Crippen LogP contribution in [0, 0.1) is 5.92 Å². The molecule has 0 saturated carbocycles. The van der Waals surface area contributed by atoms with Gasteiger partial charge < -0.3 is 0 Å². The largest absolute Gasteiger partial charge is 0.296 e. The van der Waals surface area contributed by atoms with Crippen molar-refractivity contribution in [2.75, 3.05) is 0 Å². The number of Topliss-reactive ketones (excluding diaryl/α,β-unsaturated/α-hetero) is 2. The smallest absolute Gasteiger partial charge is 0.216 e. The average molecular weight is 160 g/mol. The highest BCUT2D eigenvalue weighted by atomic mass is 19.1. The normalized spacial score (nSPS) is 15.6. The number of alkyl halides is 1. The van der Waals surface area contributed by atoms with E-state index in [0.29, 0.717) is 6.42 Å². The Hall–Kier alpha value is -0.730. The topological polar surface area (TPSA) is 34.1 Å². The Morgan fingerprint density at radius 1 is 1.45 bits per heavy atom. The summed E-state index contributed by atoms with van der Waals surface area (Å²) in [5.74, 6) is -1.65. The summed E-state index contributed by atoms with van der Waals surface area (Å²) in [4.78, 5) is 21.3. The summed E-state index contributed by atoms with van der Waals surface area (Å²) in [7, 11) is 0. The SMILES string of the molecule is CCC(C)C(=O)C(F)C(C)=O. The van der Waals surface area contributed by atoms with Crippen molar-refractivity contribution >= 4 is 11.6 Å². The van der Waals surface area contributed by atoms with E-state index in [1.54, 1.807) is 13.8 Å². The molecular weight excluding hydrogens is 147 g/mol. The molecular formula is C8H13FO2. The van der Waals surface area contributed by atoms with Gasteiger partial charge in [0.15, 0.2) is 11.6 Å². The van der Waals surface area contributed by atoms with E-state index in [1.165, 1.54) is 0 Å². The number of rotatable bonds is 4. The van der Waals surface area contributed by atoms with Crippen molar-refractivity contribution < 1.29 is 14.0 Å². The van der Waals surface area contributed by atoms with Crippen LogP contribution in [0.3, 0.4) is 0 Å². The highest BCUT2D eigenvalue weighted by Crippen LogP contribution is 2.08. The molecule has 0 N–H and O–H groups in total. The first-order valence-electron chi connectivity index (χ1n) is 3.69. The van der Waals surface area contributed by atoms with Gasteiger partial charge in [0.1, 0.15) is 0 Å². The van der Waals surface area contributed by atoms with Crippen molar-refractivity contribution in [3.05, 3.63) is 0 Å². The molecule has 11 heavy (non-hydrogen) atoms. The zero-order chi connectivity index (χ0) is 9.02. The molecule has 0 radical (unpaired) electrons. The first kappa shape index (κ1) is 10.3. The fourth-order valence-electron chi connectivity index (χ4n) is 0.651. The Morgan fingerprint density at radius 2 is 1.91 bits per heavy atom. The van der Waals surface area contributed by atoms with E-state index in [0.717, 1.165) is 6.92 Å². The Kier molecular flexibility index (Phi) is 3.93. The van der Waals surface area contributed by atoms with Gasteiger partial charge in [0.2, 0.25) is 6.17 Å².